The summed E-state index contributed by atoms with van der Waals surface area (Å²) in [6, 6.07) is 18.1. The van der Waals surface area contributed by atoms with Crippen molar-refractivity contribution in [1.29, 1.82) is 0 Å². The first kappa shape index (κ1) is 16.6. The van der Waals surface area contributed by atoms with E-state index < -0.39 is 0 Å². The largest absolute Gasteiger partial charge is 0.463 e. The van der Waals surface area contributed by atoms with Crippen LogP contribution in [-0.4, -0.2) is 33.1 Å². The van der Waals surface area contributed by atoms with E-state index in [1.54, 1.807) is 12.5 Å². The molecule has 0 aliphatic carbocycles. The fourth-order valence-corrected chi connectivity index (χ4v) is 3.29. The zero-order chi connectivity index (χ0) is 17.8. The summed E-state index contributed by atoms with van der Waals surface area (Å²) < 4.78 is 5.62. The van der Waals surface area contributed by atoms with Crippen LogP contribution in [0, 0.1) is 0 Å². The highest BCUT2D eigenvalue weighted by Gasteiger charge is 2.18. The van der Waals surface area contributed by atoms with Crippen LogP contribution < -0.4 is 0 Å². The standard InChI is InChI=1S/C21H21N3O2/c25-12-11-24(14-16-6-2-1-3-7-16)15-18-17-8-4-10-22-21(17)23-20(18)19-9-5-13-26-19/h1-10,13,25H,11-12,14-15H2,(H,22,23). The third-order valence-corrected chi connectivity index (χ3v) is 4.49. The molecule has 5 heteroatoms. The van der Waals surface area contributed by atoms with Gasteiger partial charge in [0.25, 0.3) is 0 Å². The number of pyridine rings is 1. The van der Waals surface area contributed by atoms with E-state index in [2.05, 4.69) is 33.1 Å². The zero-order valence-electron chi connectivity index (χ0n) is 14.4. The van der Waals surface area contributed by atoms with Crippen LogP contribution >= 0.6 is 0 Å². The van der Waals surface area contributed by atoms with Crippen molar-refractivity contribution in [3.05, 3.63) is 78.2 Å². The number of H-pyrrole nitrogens is 1. The lowest BCUT2D eigenvalue weighted by molar-refractivity contribution is 0.185. The predicted molar refractivity (Wildman–Crippen MR) is 101 cm³/mol. The maximum absolute atomic E-state index is 9.53. The second-order valence-corrected chi connectivity index (χ2v) is 6.28. The Morgan fingerprint density at radius 1 is 1.00 bits per heavy atom. The smallest absolute Gasteiger partial charge is 0.150 e. The van der Waals surface area contributed by atoms with E-state index in [1.165, 1.54) is 5.56 Å². The molecule has 2 N–H and O–H groups in total. The van der Waals surface area contributed by atoms with Crippen molar-refractivity contribution in [2.24, 2.45) is 0 Å². The van der Waals surface area contributed by atoms with Crippen LogP contribution in [0.25, 0.3) is 22.5 Å². The number of benzene rings is 1. The van der Waals surface area contributed by atoms with Crippen LogP contribution in [0.1, 0.15) is 11.1 Å². The molecular formula is C21H21N3O2. The van der Waals surface area contributed by atoms with Gasteiger partial charge in [-0.15, -0.1) is 0 Å². The highest BCUT2D eigenvalue weighted by atomic mass is 16.3. The number of aliphatic hydroxyl groups excluding tert-OH is 1. The number of aromatic nitrogens is 2. The van der Waals surface area contributed by atoms with Gasteiger partial charge in [-0.05, 0) is 29.8 Å². The van der Waals surface area contributed by atoms with Gasteiger partial charge in [-0.25, -0.2) is 4.98 Å². The van der Waals surface area contributed by atoms with Crippen molar-refractivity contribution < 1.29 is 9.52 Å². The summed E-state index contributed by atoms with van der Waals surface area (Å²) in [4.78, 5) is 10.1. The summed E-state index contributed by atoms with van der Waals surface area (Å²) in [6.07, 6.45) is 3.46. The van der Waals surface area contributed by atoms with Crippen molar-refractivity contribution in [1.82, 2.24) is 14.9 Å². The van der Waals surface area contributed by atoms with Gasteiger partial charge in [0.2, 0.25) is 0 Å². The van der Waals surface area contributed by atoms with E-state index >= 15 is 0 Å². The lowest BCUT2D eigenvalue weighted by Crippen LogP contribution is -2.26. The molecule has 0 atom stereocenters. The summed E-state index contributed by atoms with van der Waals surface area (Å²) >= 11 is 0. The number of aromatic amines is 1. The highest BCUT2D eigenvalue weighted by Crippen LogP contribution is 2.31. The first-order chi connectivity index (χ1) is 12.8. The molecule has 3 heterocycles. The second-order valence-electron chi connectivity index (χ2n) is 6.28. The van der Waals surface area contributed by atoms with E-state index in [0.29, 0.717) is 13.1 Å². The minimum absolute atomic E-state index is 0.115. The van der Waals surface area contributed by atoms with Crippen molar-refractivity contribution >= 4 is 11.0 Å². The predicted octanol–water partition coefficient (Wildman–Crippen LogP) is 3.82. The van der Waals surface area contributed by atoms with Gasteiger partial charge in [-0.3, -0.25) is 4.90 Å². The van der Waals surface area contributed by atoms with Crippen LogP contribution in [0.5, 0.6) is 0 Å². The Labute approximate surface area is 151 Å². The molecule has 3 aromatic heterocycles. The van der Waals surface area contributed by atoms with Crippen molar-refractivity contribution in [3.8, 4) is 11.5 Å². The van der Waals surface area contributed by atoms with Crippen molar-refractivity contribution in [2.45, 2.75) is 13.1 Å². The highest BCUT2D eigenvalue weighted by molar-refractivity contribution is 5.87. The Bertz CT molecular complexity index is 962. The number of nitrogens with one attached hydrogen (secondary N) is 1. The van der Waals surface area contributed by atoms with E-state index in [9.17, 15) is 5.11 Å². The SMILES string of the molecule is OCCN(Cc1ccccc1)Cc1c(-c2ccco2)[nH]c2ncccc12. The average molecular weight is 347 g/mol. The van der Waals surface area contributed by atoms with Gasteiger partial charge in [0, 0.05) is 36.8 Å². The first-order valence-corrected chi connectivity index (χ1v) is 8.72. The molecule has 132 valence electrons. The normalized spacial score (nSPS) is 11.5. The molecule has 0 aliphatic rings. The quantitative estimate of drug-likeness (QED) is 0.533. The topological polar surface area (TPSA) is 65.3 Å². The fourth-order valence-electron chi connectivity index (χ4n) is 3.29. The average Bonchev–Trinajstić information content (AvgIpc) is 3.31. The molecule has 4 rings (SSSR count). The van der Waals surface area contributed by atoms with Crippen LogP contribution in [0.15, 0.2) is 71.5 Å². The monoisotopic (exact) mass is 347 g/mol. The number of rotatable bonds is 7. The summed E-state index contributed by atoms with van der Waals surface area (Å²) in [6.45, 7) is 2.17. The summed E-state index contributed by atoms with van der Waals surface area (Å²) in [5.74, 6) is 0.793. The fraction of sp³-hybridized carbons (Fsp3) is 0.190. The Morgan fingerprint density at radius 3 is 2.65 bits per heavy atom. The van der Waals surface area contributed by atoms with Gasteiger partial charge in [0.1, 0.15) is 11.4 Å². The number of hydrogen-bond acceptors (Lipinski definition) is 4. The number of hydrogen-bond donors (Lipinski definition) is 2. The zero-order valence-corrected chi connectivity index (χ0v) is 14.4. The second kappa shape index (κ2) is 7.56. The molecule has 26 heavy (non-hydrogen) atoms. The summed E-state index contributed by atoms with van der Waals surface area (Å²) in [5, 5.41) is 10.6. The Balaban J connectivity index is 1.71. The molecule has 0 spiro atoms. The Hall–Kier alpha value is -2.89. The van der Waals surface area contributed by atoms with Gasteiger partial charge < -0.3 is 14.5 Å². The molecule has 0 fully saturated rings. The molecule has 0 saturated heterocycles. The van der Waals surface area contributed by atoms with Gasteiger partial charge in [-0.1, -0.05) is 30.3 Å². The van der Waals surface area contributed by atoms with Crippen LogP contribution in [0.3, 0.4) is 0 Å². The van der Waals surface area contributed by atoms with Crippen molar-refractivity contribution in [3.63, 3.8) is 0 Å². The van der Waals surface area contributed by atoms with Crippen LogP contribution in [0.4, 0.5) is 0 Å². The summed E-state index contributed by atoms with van der Waals surface area (Å²) in [7, 11) is 0. The molecule has 5 nitrogen and oxygen atoms in total. The van der Waals surface area contributed by atoms with Gasteiger partial charge in [0.15, 0.2) is 0 Å². The van der Waals surface area contributed by atoms with Crippen molar-refractivity contribution in [2.75, 3.05) is 13.2 Å². The van der Waals surface area contributed by atoms with Gasteiger partial charge in [-0.2, -0.15) is 0 Å². The molecular weight excluding hydrogens is 326 g/mol. The first-order valence-electron chi connectivity index (χ1n) is 8.72. The molecule has 0 aliphatic heterocycles. The Morgan fingerprint density at radius 2 is 1.88 bits per heavy atom. The maximum atomic E-state index is 9.53. The Kier molecular flexibility index (Phi) is 4.82. The molecule has 0 bridgehead atoms. The van der Waals surface area contributed by atoms with Gasteiger partial charge >= 0.3 is 0 Å². The maximum Gasteiger partial charge on any atom is 0.150 e. The minimum atomic E-state index is 0.115. The minimum Gasteiger partial charge on any atom is -0.463 e. The lowest BCUT2D eigenvalue weighted by Gasteiger charge is -2.22. The molecule has 0 radical (unpaired) electrons. The number of nitrogens with zero attached hydrogens (tertiary/aromatic N) is 2. The van der Waals surface area contributed by atoms with Crippen LogP contribution in [-0.2, 0) is 13.1 Å². The van der Waals surface area contributed by atoms with E-state index in [1.807, 2.05) is 36.4 Å². The van der Waals surface area contributed by atoms with Crippen LogP contribution in [0.2, 0.25) is 0 Å². The molecule has 0 saturated carbocycles. The third-order valence-electron chi connectivity index (χ3n) is 4.49. The molecule has 0 amide bonds. The number of aliphatic hydroxyl groups is 1. The molecule has 1 aromatic carbocycles. The number of furan rings is 1. The number of fused-ring (bicyclic) bond motifs is 1. The van der Waals surface area contributed by atoms with Gasteiger partial charge in [0.05, 0.1) is 18.6 Å². The van der Waals surface area contributed by atoms with E-state index in [-0.39, 0.29) is 6.61 Å². The van der Waals surface area contributed by atoms with E-state index in [0.717, 1.165) is 34.6 Å². The lowest BCUT2D eigenvalue weighted by atomic mass is 10.1. The van der Waals surface area contributed by atoms with E-state index in [4.69, 9.17) is 4.42 Å². The molecule has 0 unspecified atom stereocenters. The summed E-state index contributed by atoms with van der Waals surface area (Å²) in [5.41, 5.74) is 4.14. The third kappa shape index (κ3) is 3.40. The molecule has 4 aromatic rings.